The summed E-state index contributed by atoms with van der Waals surface area (Å²) in [5.74, 6) is 1.32. The summed E-state index contributed by atoms with van der Waals surface area (Å²) in [5.41, 5.74) is 4.14. The largest absolute Gasteiger partial charge is 0.444 e. The maximum absolute atomic E-state index is 5.57. The summed E-state index contributed by atoms with van der Waals surface area (Å²) in [7, 11) is 1.75. The van der Waals surface area contributed by atoms with Gasteiger partial charge in [-0.2, -0.15) is 0 Å². The number of aliphatic imine (C=N–C) groups is 1. The zero-order valence-electron chi connectivity index (χ0n) is 16.3. The Morgan fingerprint density at radius 3 is 2.46 bits per heavy atom. The highest BCUT2D eigenvalue weighted by atomic mass is 16.5. The van der Waals surface area contributed by atoms with Gasteiger partial charge in [0, 0.05) is 25.8 Å². The number of aromatic nitrogens is 1. The van der Waals surface area contributed by atoms with Crippen LogP contribution in [0, 0.1) is 0 Å². The molecule has 0 bridgehead atoms. The predicted octanol–water partition coefficient (Wildman–Crippen LogP) is 3.74. The van der Waals surface area contributed by atoms with Crippen LogP contribution in [0.5, 0.6) is 0 Å². The summed E-state index contributed by atoms with van der Waals surface area (Å²) >= 11 is 0. The fourth-order valence-electron chi connectivity index (χ4n) is 2.76. The first-order valence-corrected chi connectivity index (χ1v) is 9.39. The second kappa shape index (κ2) is 10.3. The Bertz CT molecular complexity index is 890. The Hall–Kier alpha value is -3.12. The van der Waals surface area contributed by atoms with Crippen molar-refractivity contribution in [3.8, 4) is 11.5 Å². The van der Waals surface area contributed by atoms with Crippen LogP contribution in [0.2, 0.25) is 0 Å². The number of benzene rings is 2. The van der Waals surface area contributed by atoms with Crippen LogP contribution in [-0.4, -0.2) is 24.6 Å². The van der Waals surface area contributed by atoms with E-state index in [1.807, 2.05) is 49.4 Å². The van der Waals surface area contributed by atoms with Crippen LogP contribution in [0.4, 0.5) is 0 Å². The van der Waals surface area contributed by atoms with Gasteiger partial charge < -0.3 is 19.8 Å². The zero-order chi connectivity index (χ0) is 19.6. The van der Waals surface area contributed by atoms with E-state index in [4.69, 9.17) is 9.15 Å². The van der Waals surface area contributed by atoms with Crippen molar-refractivity contribution >= 4 is 5.96 Å². The Kier molecular flexibility index (Phi) is 7.21. The number of ether oxygens (including phenoxy) is 1. The van der Waals surface area contributed by atoms with Crippen molar-refractivity contribution in [2.24, 2.45) is 4.99 Å². The number of nitrogens with zero attached hydrogens (tertiary/aromatic N) is 2. The molecule has 0 unspecified atom stereocenters. The molecular weight excluding hydrogens is 352 g/mol. The summed E-state index contributed by atoms with van der Waals surface area (Å²) in [6, 6.07) is 18.1. The number of oxazole rings is 1. The Labute approximate surface area is 165 Å². The molecule has 2 aromatic carbocycles. The highest BCUT2D eigenvalue weighted by Crippen LogP contribution is 2.17. The third-order valence-electron chi connectivity index (χ3n) is 4.26. The molecule has 28 heavy (non-hydrogen) atoms. The lowest BCUT2D eigenvalue weighted by Gasteiger charge is -2.13. The van der Waals surface area contributed by atoms with E-state index in [1.165, 1.54) is 11.1 Å². The quantitative estimate of drug-likeness (QED) is 0.461. The summed E-state index contributed by atoms with van der Waals surface area (Å²) in [6.07, 6.45) is 1.67. The molecule has 1 aromatic heterocycles. The van der Waals surface area contributed by atoms with Crippen LogP contribution in [0.15, 0.2) is 70.3 Å². The number of hydrogen-bond donors (Lipinski definition) is 2. The van der Waals surface area contributed by atoms with E-state index in [0.717, 1.165) is 11.3 Å². The van der Waals surface area contributed by atoms with Gasteiger partial charge in [0.2, 0.25) is 5.89 Å². The van der Waals surface area contributed by atoms with Gasteiger partial charge >= 0.3 is 0 Å². The smallest absolute Gasteiger partial charge is 0.226 e. The molecule has 0 aliphatic heterocycles. The van der Waals surface area contributed by atoms with E-state index < -0.39 is 0 Å². The molecular formula is C22H26N4O2. The molecule has 0 fully saturated rings. The van der Waals surface area contributed by atoms with Crippen molar-refractivity contribution in [1.29, 1.82) is 0 Å². The van der Waals surface area contributed by atoms with Gasteiger partial charge in [0.05, 0.1) is 18.8 Å². The second-order valence-corrected chi connectivity index (χ2v) is 6.20. The first-order chi connectivity index (χ1) is 13.8. The van der Waals surface area contributed by atoms with Crippen molar-refractivity contribution in [3.63, 3.8) is 0 Å². The molecule has 2 N–H and O–H groups in total. The van der Waals surface area contributed by atoms with Crippen LogP contribution < -0.4 is 10.6 Å². The first-order valence-electron chi connectivity index (χ1n) is 9.39. The minimum absolute atomic E-state index is 0.524. The Morgan fingerprint density at radius 1 is 1.00 bits per heavy atom. The lowest BCUT2D eigenvalue weighted by Crippen LogP contribution is -2.36. The molecule has 0 aliphatic carbocycles. The molecule has 0 saturated heterocycles. The third-order valence-corrected chi connectivity index (χ3v) is 4.26. The second-order valence-electron chi connectivity index (χ2n) is 6.20. The van der Waals surface area contributed by atoms with E-state index in [1.54, 1.807) is 13.3 Å². The molecule has 0 amide bonds. The molecule has 6 heteroatoms. The van der Waals surface area contributed by atoms with Gasteiger partial charge in [-0.15, -0.1) is 0 Å². The molecule has 0 radical (unpaired) electrons. The predicted molar refractivity (Wildman–Crippen MR) is 111 cm³/mol. The van der Waals surface area contributed by atoms with Gasteiger partial charge in [-0.05, 0) is 30.2 Å². The van der Waals surface area contributed by atoms with E-state index >= 15 is 0 Å². The topological polar surface area (TPSA) is 71.7 Å². The van der Waals surface area contributed by atoms with Crippen molar-refractivity contribution < 1.29 is 9.15 Å². The van der Waals surface area contributed by atoms with Crippen LogP contribution in [0.1, 0.15) is 23.7 Å². The van der Waals surface area contributed by atoms with Crippen LogP contribution in [0.3, 0.4) is 0 Å². The number of hydrogen-bond acceptors (Lipinski definition) is 4. The highest BCUT2D eigenvalue weighted by Gasteiger charge is 2.08. The average molecular weight is 378 g/mol. The lowest BCUT2D eigenvalue weighted by molar-refractivity contribution is 0.133. The van der Waals surface area contributed by atoms with Gasteiger partial charge in [-0.1, -0.05) is 42.5 Å². The summed E-state index contributed by atoms with van der Waals surface area (Å²) < 4.78 is 11.1. The molecule has 1 heterocycles. The fourth-order valence-corrected chi connectivity index (χ4v) is 2.76. The van der Waals surface area contributed by atoms with E-state index in [-0.39, 0.29) is 0 Å². The number of rotatable bonds is 8. The van der Waals surface area contributed by atoms with Crippen molar-refractivity contribution in [3.05, 3.63) is 77.7 Å². The van der Waals surface area contributed by atoms with Gasteiger partial charge in [0.25, 0.3) is 0 Å². The van der Waals surface area contributed by atoms with Gasteiger partial charge in [0.1, 0.15) is 6.26 Å². The van der Waals surface area contributed by atoms with Gasteiger partial charge in [-0.3, -0.25) is 4.99 Å². The lowest BCUT2D eigenvalue weighted by atomic mass is 10.1. The summed E-state index contributed by atoms with van der Waals surface area (Å²) in [5, 5.41) is 6.60. The summed E-state index contributed by atoms with van der Waals surface area (Å²) in [4.78, 5) is 8.80. The van der Waals surface area contributed by atoms with Crippen molar-refractivity contribution in [1.82, 2.24) is 15.6 Å². The molecule has 0 saturated carbocycles. The highest BCUT2D eigenvalue weighted by molar-refractivity contribution is 5.79. The monoisotopic (exact) mass is 378 g/mol. The zero-order valence-corrected chi connectivity index (χ0v) is 16.3. The maximum atomic E-state index is 5.57. The standard InChI is InChI=1S/C22H26N4O2/c1-3-27-15-19-12-8-7-11-18(19)13-24-22(23-2)25-14-20-16-28-21(26-20)17-9-5-4-6-10-17/h4-12,16H,3,13-15H2,1-2H3,(H2,23,24,25). The van der Waals surface area contributed by atoms with E-state index in [2.05, 4.69) is 32.7 Å². The van der Waals surface area contributed by atoms with Crippen molar-refractivity contribution in [2.45, 2.75) is 26.6 Å². The van der Waals surface area contributed by atoms with Gasteiger partial charge in [-0.25, -0.2) is 4.98 Å². The molecule has 0 aliphatic rings. The van der Waals surface area contributed by atoms with E-state index in [9.17, 15) is 0 Å². The number of guanidine groups is 1. The van der Waals surface area contributed by atoms with Crippen LogP contribution in [-0.2, 0) is 24.4 Å². The van der Waals surface area contributed by atoms with Crippen molar-refractivity contribution in [2.75, 3.05) is 13.7 Å². The number of nitrogens with one attached hydrogen (secondary N) is 2. The van der Waals surface area contributed by atoms with Gasteiger partial charge in [0.15, 0.2) is 5.96 Å². The molecule has 0 atom stereocenters. The van der Waals surface area contributed by atoms with Crippen LogP contribution in [0.25, 0.3) is 11.5 Å². The molecule has 3 aromatic rings. The maximum Gasteiger partial charge on any atom is 0.226 e. The minimum atomic E-state index is 0.524. The molecule has 3 rings (SSSR count). The Balaban J connectivity index is 1.54. The third kappa shape index (κ3) is 5.44. The molecule has 0 spiro atoms. The summed E-state index contributed by atoms with van der Waals surface area (Å²) in [6.45, 7) is 4.50. The molecule has 146 valence electrons. The molecule has 6 nitrogen and oxygen atoms in total. The fraction of sp³-hybridized carbons (Fsp3) is 0.273. The normalized spacial score (nSPS) is 11.4. The van der Waals surface area contributed by atoms with Crippen LogP contribution >= 0.6 is 0 Å². The Morgan fingerprint density at radius 2 is 1.71 bits per heavy atom. The first kappa shape index (κ1) is 19.6. The minimum Gasteiger partial charge on any atom is -0.444 e. The van der Waals surface area contributed by atoms with E-state index in [0.29, 0.717) is 38.2 Å². The SMILES string of the molecule is CCOCc1ccccc1CNC(=NC)NCc1coc(-c2ccccc2)n1. The average Bonchev–Trinajstić information content (AvgIpc) is 3.23.